The molecule has 0 unspecified atom stereocenters. The molecule has 0 aromatic carbocycles. The van der Waals surface area contributed by atoms with E-state index in [4.69, 9.17) is 4.52 Å². The zero-order chi connectivity index (χ0) is 16.8. The summed E-state index contributed by atoms with van der Waals surface area (Å²) in [6, 6.07) is -0.532. The molecule has 1 aromatic heterocycles. The molecular weight excluding hydrogens is 302 g/mol. The van der Waals surface area contributed by atoms with E-state index in [1.807, 2.05) is 13.8 Å². The van der Waals surface area contributed by atoms with Gasteiger partial charge in [0.2, 0.25) is 17.7 Å². The fourth-order valence-electron chi connectivity index (χ4n) is 2.23. The van der Waals surface area contributed by atoms with Gasteiger partial charge in [0.1, 0.15) is 6.54 Å². The Bertz CT molecular complexity index is 569. The first kappa shape index (κ1) is 16.9. The average molecular weight is 323 g/mol. The van der Waals surface area contributed by atoms with Crippen molar-refractivity contribution >= 4 is 17.8 Å². The summed E-state index contributed by atoms with van der Waals surface area (Å²) in [7, 11) is 0. The van der Waals surface area contributed by atoms with E-state index in [0.29, 0.717) is 31.2 Å². The lowest BCUT2D eigenvalue weighted by atomic mass is 10.3. The standard InChI is InChI=1S/C14H21N5O4/c1-3-5-11-16-10(17-23-11)8-18(4-2)13(21)9-19-12(20)6-7-15-14(19)22/h3-9H2,1-2H3,(H,15,22). The van der Waals surface area contributed by atoms with E-state index in [1.165, 1.54) is 4.90 Å². The van der Waals surface area contributed by atoms with Crippen LogP contribution in [0.4, 0.5) is 4.79 Å². The van der Waals surface area contributed by atoms with E-state index in [1.54, 1.807) is 0 Å². The number of nitrogens with one attached hydrogen (secondary N) is 1. The highest BCUT2D eigenvalue weighted by Gasteiger charge is 2.29. The summed E-state index contributed by atoms with van der Waals surface area (Å²) in [5, 5.41) is 6.39. The molecule has 0 radical (unpaired) electrons. The van der Waals surface area contributed by atoms with Crippen molar-refractivity contribution in [2.45, 2.75) is 39.7 Å². The second-order valence-corrected chi connectivity index (χ2v) is 5.22. The number of urea groups is 1. The van der Waals surface area contributed by atoms with Crippen LogP contribution in [0, 0.1) is 0 Å². The predicted molar refractivity (Wildman–Crippen MR) is 79.1 cm³/mol. The Balaban J connectivity index is 1.97. The number of likely N-dealkylation sites (N-methyl/N-ethyl adjacent to an activating group) is 1. The Morgan fingerprint density at radius 1 is 1.39 bits per heavy atom. The molecule has 0 spiro atoms. The Morgan fingerprint density at radius 2 is 2.17 bits per heavy atom. The monoisotopic (exact) mass is 323 g/mol. The van der Waals surface area contributed by atoms with Gasteiger partial charge in [-0.05, 0) is 13.3 Å². The summed E-state index contributed by atoms with van der Waals surface area (Å²) in [5.41, 5.74) is 0. The first-order chi connectivity index (χ1) is 11.0. The number of aryl methyl sites for hydroxylation is 1. The molecule has 1 aliphatic rings. The topological polar surface area (TPSA) is 109 Å². The molecule has 0 saturated carbocycles. The molecule has 1 aliphatic heterocycles. The number of hydrogen-bond donors (Lipinski definition) is 1. The highest BCUT2D eigenvalue weighted by atomic mass is 16.5. The number of rotatable bonds is 7. The zero-order valence-corrected chi connectivity index (χ0v) is 13.4. The smallest absolute Gasteiger partial charge is 0.324 e. The lowest BCUT2D eigenvalue weighted by Gasteiger charge is -2.27. The Morgan fingerprint density at radius 3 is 2.83 bits per heavy atom. The Kier molecular flexibility index (Phi) is 5.67. The van der Waals surface area contributed by atoms with Crippen molar-refractivity contribution in [2.75, 3.05) is 19.6 Å². The molecule has 2 heterocycles. The summed E-state index contributed by atoms with van der Waals surface area (Å²) in [6.45, 7) is 4.45. The summed E-state index contributed by atoms with van der Waals surface area (Å²) < 4.78 is 5.09. The van der Waals surface area contributed by atoms with Gasteiger partial charge in [-0.25, -0.2) is 4.79 Å². The molecule has 1 fully saturated rings. The summed E-state index contributed by atoms with van der Waals surface area (Å²) in [6.07, 6.45) is 1.79. The van der Waals surface area contributed by atoms with Gasteiger partial charge in [-0.1, -0.05) is 12.1 Å². The lowest BCUT2D eigenvalue weighted by molar-refractivity contribution is -0.139. The maximum Gasteiger partial charge on any atom is 0.324 e. The summed E-state index contributed by atoms with van der Waals surface area (Å²) >= 11 is 0. The Hall–Kier alpha value is -2.45. The van der Waals surface area contributed by atoms with Crippen molar-refractivity contribution in [3.63, 3.8) is 0 Å². The summed E-state index contributed by atoms with van der Waals surface area (Å²) in [5.74, 6) is 0.275. The molecule has 9 heteroatoms. The third-order valence-electron chi connectivity index (χ3n) is 3.50. The second kappa shape index (κ2) is 7.70. The van der Waals surface area contributed by atoms with Crippen LogP contribution in [0.25, 0.3) is 0 Å². The van der Waals surface area contributed by atoms with Crippen LogP contribution in [0.1, 0.15) is 38.4 Å². The first-order valence-electron chi connectivity index (χ1n) is 7.72. The fourth-order valence-corrected chi connectivity index (χ4v) is 2.23. The van der Waals surface area contributed by atoms with Gasteiger partial charge in [0.15, 0.2) is 5.82 Å². The van der Waals surface area contributed by atoms with Crippen molar-refractivity contribution in [1.82, 2.24) is 25.3 Å². The van der Waals surface area contributed by atoms with E-state index in [2.05, 4.69) is 15.5 Å². The molecule has 0 bridgehead atoms. The van der Waals surface area contributed by atoms with Gasteiger partial charge in [-0.3, -0.25) is 14.5 Å². The third kappa shape index (κ3) is 4.27. The minimum absolute atomic E-state index is 0.187. The quantitative estimate of drug-likeness (QED) is 0.773. The van der Waals surface area contributed by atoms with Crippen LogP contribution in [0.3, 0.4) is 0 Å². The van der Waals surface area contributed by atoms with Crippen molar-refractivity contribution in [1.29, 1.82) is 0 Å². The van der Waals surface area contributed by atoms with E-state index in [9.17, 15) is 14.4 Å². The molecule has 2 rings (SSSR count). The second-order valence-electron chi connectivity index (χ2n) is 5.22. The molecular formula is C14H21N5O4. The molecule has 23 heavy (non-hydrogen) atoms. The number of hydrogen-bond acceptors (Lipinski definition) is 6. The molecule has 126 valence electrons. The van der Waals surface area contributed by atoms with E-state index in [-0.39, 0.29) is 31.3 Å². The van der Waals surface area contributed by atoms with Gasteiger partial charge >= 0.3 is 6.03 Å². The largest absolute Gasteiger partial charge is 0.339 e. The fraction of sp³-hybridized carbons (Fsp3) is 0.643. The van der Waals surface area contributed by atoms with Crippen molar-refractivity contribution in [3.05, 3.63) is 11.7 Å². The minimum Gasteiger partial charge on any atom is -0.339 e. The van der Waals surface area contributed by atoms with Gasteiger partial charge in [0.25, 0.3) is 0 Å². The number of carbonyl (C=O) groups is 3. The highest BCUT2D eigenvalue weighted by molar-refractivity contribution is 6.00. The summed E-state index contributed by atoms with van der Waals surface area (Å²) in [4.78, 5) is 42.4. The Labute approximate surface area is 134 Å². The number of aromatic nitrogens is 2. The molecule has 0 atom stereocenters. The van der Waals surface area contributed by atoms with E-state index < -0.39 is 6.03 Å². The average Bonchev–Trinajstić information content (AvgIpc) is 2.96. The molecule has 1 aromatic rings. The predicted octanol–water partition coefficient (Wildman–Crippen LogP) is 0.312. The third-order valence-corrected chi connectivity index (χ3v) is 3.50. The van der Waals surface area contributed by atoms with Crippen molar-refractivity contribution in [2.24, 2.45) is 0 Å². The lowest BCUT2D eigenvalue weighted by Crippen LogP contribution is -2.53. The molecule has 4 amide bonds. The maximum absolute atomic E-state index is 12.3. The van der Waals surface area contributed by atoms with Gasteiger partial charge in [-0.15, -0.1) is 0 Å². The van der Waals surface area contributed by atoms with E-state index >= 15 is 0 Å². The van der Waals surface area contributed by atoms with Crippen LogP contribution in [0.15, 0.2) is 4.52 Å². The van der Waals surface area contributed by atoms with Gasteiger partial charge in [0.05, 0.1) is 6.54 Å². The van der Waals surface area contributed by atoms with Crippen LogP contribution in [-0.4, -0.2) is 57.4 Å². The van der Waals surface area contributed by atoms with Gasteiger partial charge < -0.3 is 14.7 Å². The number of nitrogens with zero attached hydrogens (tertiary/aromatic N) is 4. The number of imide groups is 1. The highest BCUT2D eigenvalue weighted by Crippen LogP contribution is 2.07. The first-order valence-corrected chi connectivity index (χ1v) is 7.72. The van der Waals surface area contributed by atoms with Gasteiger partial charge in [-0.2, -0.15) is 4.98 Å². The van der Waals surface area contributed by atoms with Crippen LogP contribution in [-0.2, 0) is 22.6 Å². The van der Waals surface area contributed by atoms with E-state index in [0.717, 1.165) is 11.3 Å². The zero-order valence-electron chi connectivity index (χ0n) is 13.4. The van der Waals surface area contributed by atoms with Crippen LogP contribution < -0.4 is 5.32 Å². The molecule has 9 nitrogen and oxygen atoms in total. The van der Waals surface area contributed by atoms with Gasteiger partial charge in [0, 0.05) is 25.9 Å². The van der Waals surface area contributed by atoms with Crippen molar-refractivity contribution < 1.29 is 18.9 Å². The SMILES string of the molecule is CCCc1nc(CN(CC)C(=O)CN2C(=O)CCNC2=O)no1. The minimum atomic E-state index is -0.532. The molecule has 0 aliphatic carbocycles. The van der Waals surface area contributed by atoms with Crippen LogP contribution >= 0.6 is 0 Å². The number of carbonyl (C=O) groups excluding carboxylic acids is 3. The van der Waals surface area contributed by atoms with Crippen LogP contribution in [0.5, 0.6) is 0 Å². The van der Waals surface area contributed by atoms with Crippen LogP contribution in [0.2, 0.25) is 0 Å². The van der Waals surface area contributed by atoms with Crippen molar-refractivity contribution in [3.8, 4) is 0 Å². The molecule has 1 saturated heterocycles. The molecule has 1 N–H and O–H groups in total. The number of amides is 4. The maximum atomic E-state index is 12.3. The normalized spacial score (nSPS) is 14.8.